The summed E-state index contributed by atoms with van der Waals surface area (Å²) in [5, 5.41) is 2.40. The molecule has 2 aromatic rings. The van der Waals surface area contributed by atoms with Crippen LogP contribution in [0.15, 0.2) is 40.5 Å². The predicted molar refractivity (Wildman–Crippen MR) is 99.9 cm³/mol. The van der Waals surface area contributed by atoms with Crippen LogP contribution in [0.4, 0.5) is 4.79 Å². The number of ether oxygens (including phenoxy) is 2. The third-order valence-electron chi connectivity index (χ3n) is 3.96. The van der Waals surface area contributed by atoms with Gasteiger partial charge in [0.2, 0.25) is 0 Å². The molecule has 28 heavy (non-hydrogen) atoms. The Balaban J connectivity index is 1.96. The van der Waals surface area contributed by atoms with E-state index in [0.29, 0.717) is 29.4 Å². The Morgan fingerprint density at radius 1 is 1.25 bits per heavy atom. The second-order valence-corrected chi connectivity index (χ2v) is 6.15. The van der Waals surface area contributed by atoms with E-state index in [1.54, 1.807) is 18.2 Å². The van der Waals surface area contributed by atoms with Gasteiger partial charge in [0, 0.05) is 6.07 Å². The van der Waals surface area contributed by atoms with Crippen molar-refractivity contribution in [2.24, 2.45) is 0 Å². The van der Waals surface area contributed by atoms with Gasteiger partial charge in [0.25, 0.3) is 11.8 Å². The molecule has 0 atom stereocenters. The van der Waals surface area contributed by atoms with E-state index in [1.165, 1.54) is 25.5 Å². The Bertz CT molecular complexity index is 952. The van der Waals surface area contributed by atoms with Crippen molar-refractivity contribution in [2.45, 2.75) is 13.5 Å². The van der Waals surface area contributed by atoms with E-state index < -0.39 is 17.8 Å². The molecule has 8 nitrogen and oxygen atoms in total. The Kier molecular flexibility index (Phi) is 5.70. The van der Waals surface area contributed by atoms with Gasteiger partial charge in [0.15, 0.2) is 11.5 Å². The molecule has 0 aliphatic carbocycles. The van der Waals surface area contributed by atoms with Crippen molar-refractivity contribution in [1.82, 2.24) is 10.2 Å². The largest absolute Gasteiger partial charge is 0.493 e. The second kappa shape index (κ2) is 8.18. The van der Waals surface area contributed by atoms with Gasteiger partial charge in [0.1, 0.15) is 11.3 Å². The average molecular weight is 405 g/mol. The molecule has 0 saturated carbocycles. The number of imide groups is 2. The molecule has 3 rings (SSSR count). The molecule has 1 N–H and O–H groups in total. The third kappa shape index (κ3) is 3.86. The van der Waals surface area contributed by atoms with Crippen molar-refractivity contribution < 1.29 is 28.3 Å². The van der Waals surface area contributed by atoms with Gasteiger partial charge in [-0.1, -0.05) is 11.6 Å². The molecule has 0 unspecified atom stereocenters. The molecule has 2 heterocycles. The summed E-state index contributed by atoms with van der Waals surface area (Å²) in [5.41, 5.74) is 0.132. The van der Waals surface area contributed by atoms with Crippen LogP contribution in [-0.4, -0.2) is 36.5 Å². The molecule has 0 spiro atoms. The summed E-state index contributed by atoms with van der Waals surface area (Å²) in [6.45, 7) is 2.12. The highest BCUT2D eigenvalue weighted by Gasteiger charge is 2.36. The molecule has 0 bridgehead atoms. The summed E-state index contributed by atoms with van der Waals surface area (Å²) in [7, 11) is 1.46. The summed E-state index contributed by atoms with van der Waals surface area (Å²) in [5.74, 6) is -0.335. The lowest BCUT2D eigenvalue weighted by Gasteiger charge is -2.25. The van der Waals surface area contributed by atoms with E-state index >= 15 is 0 Å². The number of methoxy groups -OCH3 is 1. The number of hydrogen-bond donors (Lipinski definition) is 1. The van der Waals surface area contributed by atoms with Gasteiger partial charge in [-0.15, -0.1) is 0 Å². The van der Waals surface area contributed by atoms with Gasteiger partial charge >= 0.3 is 6.03 Å². The molecule has 146 valence electrons. The van der Waals surface area contributed by atoms with Crippen LogP contribution in [0.3, 0.4) is 0 Å². The van der Waals surface area contributed by atoms with E-state index in [1.807, 2.05) is 6.92 Å². The molecule has 1 aromatic carbocycles. The van der Waals surface area contributed by atoms with Crippen LogP contribution in [0.25, 0.3) is 6.08 Å². The predicted octanol–water partition coefficient (Wildman–Crippen LogP) is 3.00. The van der Waals surface area contributed by atoms with Crippen molar-refractivity contribution in [2.75, 3.05) is 13.7 Å². The van der Waals surface area contributed by atoms with Crippen LogP contribution in [0, 0.1) is 0 Å². The number of nitrogens with zero attached hydrogens (tertiary/aromatic N) is 1. The minimum absolute atomic E-state index is 0.109. The summed E-state index contributed by atoms with van der Waals surface area (Å²) in [6, 6.07) is 5.52. The molecular weight excluding hydrogens is 388 g/mol. The van der Waals surface area contributed by atoms with E-state index in [9.17, 15) is 14.4 Å². The lowest BCUT2D eigenvalue weighted by atomic mass is 10.1. The number of halogens is 1. The number of amides is 4. The molecule has 1 aliphatic heterocycles. The Morgan fingerprint density at radius 2 is 2.04 bits per heavy atom. The Labute approximate surface area is 165 Å². The minimum Gasteiger partial charge on any atom is -0.493 e. The fourth-order valence-electron chi connectivity index (χ4n) is 2.64. The van der Waals surface area contributed by atoms with Gasteiger partial charge in [-0.3, -0.25) is 19.8 Å². The topological polar surface area (TPSA) is 98.1 Å². The molecular formula is C19H17ClN2O6. The first-order valence-electron chi connectivity index (χ1n) is 8.36. The van der Waals surface area contributed by atoms with Gasteiger partial charge in [-0.2, -0.15) is 0 Å². The number of rotatable bonds is 6. The molecule has 1 aromatic heterocycles. The Hall–Kier alpha value is -3.26. The van der Waals surface area contributed by atoms with Crippen LogP contribution >= 0.6 is 11.6 Å². The smallest absolute Gasteiger partial charge is 0.331 e. The first kappa shape index (κ1) is 19.5. The van der Waals surface area contributed by atoms with Gasteiger partial charge in [-0.25, -0.2) is 4.79 Å². The monoisotopic (exact) mass is 404 g/mol. The number of hydrogen-bond acceptors (Lipinski definition) is 6. The highest BCUT2D eigenvalue weighted by molar-refractivity contribution is 6.34. The molecule has 9 heteroatoms. The van der Waals surface area contributed by atoms with Crippen molar-refractivity contribution >= 4 is 35.5 Å². The molecule has 0 radical (unpaired) electrons. The van der Waals surface area contributed by atoms with Crippen LogP contribution in [0.1, 0.15) is 18.2 Å². The first-order valence-corrected chi connectivity index (χ1v) is 8.74. The third-order valence-corrected chi connectivity index (χ3v) is 4.29. The lowest BCUT2D eigenvalue weighted by Crippen LogP contribution is -2.53. The molecule has 1 aliphatic rings. The number of barbiturate groups is 1. The van der Waals surface area contributed by atoms with Crippen molar-refractivity contribution in [3.05, 3.63) is 52.4 Å². The van der Waals surface area contributed by atoms with E-state index in [4.69, 9.17) is 25.5 Å². The molecule has 1 saturated heterocycles. The number of furan rings is 1. The minimum atomic E-state index is -0.820. The maximum absolute atomic E-state index is 12.7. The maximum atomic E-state index is 12.7. The van der Waals surface area contributed by atoms with Crippen molar-refractivity contribution in [1.29, 1.82) is 0 Å². The van der Waals surface area contributed by atoms with E-state index in [0.717, 1.165) is 4.90 Å². The van der Waals surface area contributed by atoms with Crippen LogP contribution in [0.2, 0.25) is 5.02 Å². The van der Waals surface area contributed by atoms with Crippen molar-refractivity contribution in [3.63, 3.8) is 0 Å². The fraction of sp³-hybridized carbons (Fsp3) is 0.211. The molecule has 4 amide bonds. The van der Waals surface area contributed by atoms with Gasteiger partial charge in [-0.05, 0) is 36.8 Å². The molecule has 1 fully saturated rings. The lowest BCUT2D eigenvalue weighted by molar-refractivity contribution is -0.130. The standard InChI is InChI=1S/C19H17ClN2O6/c1-3-27-16-9-14(20)11(8-15(16)26-2)7-13-17(23)21-19(25)22(18(13)24)10-12-5-4-6-28-12/h4-9H,3,10H2,1-2H3,(H,21,23,25)/b13-7+. The van der Waals surface area contributed by atoms with Crippen LogP contribution in [-0.2, 0) is 16.1 Å². The van der Waals surface area contributed by atoms with Crippen molar-refractivity contribution in [3.8, 4) is 11.5 Å². The highest BCUT2D eigenvalue weighted by Crippen LogP contribution is 2.34. The number of nitrogens with one attached hydrogen (secondary N) is 1. The zero-order valence-corrected chi connectivity index (χ0v) is 15.9. The summed E-state index contributed by atoms with van der Waals surface area (Å²) in [6.07, 6.45) is 2.73. The fourth-order valence-corrected chi connectivity index (χ4v) is 2.85. The highest BCUT2D eigenvalue weighted by atomic mass is 35.5. The normalized spacial score (nSPS) is 15.8. The van der Waals surface area contributed by atoms with E-state index in [-0.39, 0.29) is 17.1 Å². The first-order chi connectivity index (χ1) is 13.4. The number of urea groups is 1. The van der Waals surface area contributed by atoms with Gasteiger partial charge in [0.05, 0.1) is 31.5 Å². The zero-order valence-electron chi connectivity index (χ0n) is 15.2. The number of carbonyl (C=O) groups is 3. The summed E-state index contributed by atoms with van der Waals surface area (Å²) >= 11 is 6.27. The Morgan fingerprint density at radius 3 is 2.68 bits per heavy atom. The quantitative estimate of drug-likeness (QED) is 0.587. The SMILES string of the molecule is CCOc1cc(Cl)c(/C=C2\C(=O)NC(=O)N(Cc3ccco3)C2=O)cc1OC. The zero-order chi connectivity index (χ0) is 20.3. The summed E-state index contributed by atoms with van der Waals surface area (Å²) in [4.78, 5) is 37.9. The number of benzene rings is 1. The number of carbonyl (C=O) groups excluding carboxylic acids is 3. The second-order valence-electron chi connectivity index (χ2n) is 5.75. The maximum Gasteiger partial charge on any atom is 0.331 e. The van der Waals surface area contributed by atoms with Gasteiger partial charge < -0.3 is 13.9 Å². The van der Waals surface area contributed by atoms with Crippen LogP contribution in [0.5, 0.6) is 11.5 Å². The van der Waals surface area contributed by atoms with E-state index in [2.05, 4.69) is 5.32 Å². The summed E-state index contributed by atoms with van der Waals surface area (Å²) < 4.78 is 15.9. The van der Waals surface area contributed by atoms with Crippen LogP contribution < -0.4 is 14.8 Å². The average Bonchev–Trinajstić information content (AvgIpc) is 3.17.